The van der Waals surface area contributed by atoms with E-state index in [9.17, 15) is 9.59 Å². The Morgan fingerprint density at radius 1 is 1.32 bits per heavy atom. The number of rotatable bonds is 2. The molecule has 22 heavy (non-hydrogen) atoms. The largest absolute Gasteiger partial charge is 0.339 e. The van der Waals surface area contributed by atoms with Gasteiger partial charge < -0.3 is 15.5 Å². The Bertz CT molecular complexity index is 414. The van der Waals surface area contributed by atoms with Crippen molar-refractivity contribution in [1.82, 2.24) is 9.80 Å². The fourth-order valence-electron chi connectivity index (χ4n) is 2.87. The predicted molar refractivity (Wildman–Crippen MR) is 93.1 cm³/mol. The molecule has 2 aliphatic heterocycles. The molecule has 2 amide bonds. The lowest BCUT2D eigenvalue weighted by molar-refractivity contribution is -0.145. The van der Waals surface area contributed by atoms with E-state index in [1.165, 1.54) is 0 Å². The number of hydrogen-bond donors (Lipinski definition) is 1. The second-order valence-electron chi connectivity index (χ2n) is 7.30. The van der Waals surface area contributed by atoms with Gasteiger partial charge >= 0.3 is 0 Å². The van der Waals surface area contributed by atoms with Gasteiger partial charge in [-0.05, 0) is 18.3 Å². The molecule has 0 aliphatic carbocycles. The fourth-order valence-corrected chi connectivity index (χ4v) is 4.04. The van der Waals surface area contributed by atoms with E-state index in [1.54, 1.807) is 16.7 Å². The van der Waals surface area contributed by atoms with Crippen molar-refractivity contribution in [3.63, 3.8) is 0 Å². The number of piperidine rings is 1. The predicted octanol–water partition coefficient (Wildman–Crippen LogP) is 1.70. The van der Waals surface area contributed by atoms with Gasteiger partial charge in [-0.2, -0.15) is 0 Å². The fraction of sp³-hybridized carbons (Fsp3) is 0.867. The average molecular weight is 350 g/mol. The maximum Gasteiger partial charge on any atom is 0.246 e. The minimum Gasteiger partial charge on any atom is -0.339 e. The van der Waals surface area contributed by atoms with Gasteiger partial charge in [0.15, 0.2) is 0 Å². The van der Waals surface area contributed by atoms with E-state index in [0.29, 0.717) is 24.6 Å². The van der Waals surface area contributed by atoms with Crippen LogP contribution in [0.15, 0.2) is 0 Å². The number of likely N-dealkylation sites (tertiary alicyclic amines) is 1. The highest BCUT2D eigenvalue weighted by Gasteiger charge is 2.38. The van der Waals surface area contributed by atoms with Gasteiger partial charge in [-0.3, -0.25) is 9.59 Å². The van der Waals surface area contributed by atoms with Crippen molar-refractivity contribution in [2.75, 3.05) is 24.7 Å². The second kappa shape index (κ2) is 7.88. The van der Waals surface area contributed by atoms with Crippen LogP contribution >= 0.6 is 24.2 Å². The minimum absolute atomic E-state index is 0. The standard InChI is InChI=1S/C15H27N3O2S.ClH/c1-15(2,3)7-13(19)18-10-21-9-12(18)14(20)17-6-4-5-11(16)8-17;/h11-12H,4-10,16H2,1-3H3;1H. The summed E-state index contributed by atoms with van der Waals surface area (Å²) in [6.45, 7) is 7.55. The summed E-state index contributed by atoms with van der Waals surface area (Å²) >= 11 is 1.66. The number of amides is 2. The Hall–Kier alpha value is -0.460. The van der Waals surface area contributed by atoms with Crippen molar-refractivity contribution in [2.24, 2.45) is 11.1 Å². The highest BCUT2D eigenvalue weighted by molar-refractivity contribution is 7.99. The highest BCUT2D eigenvalue weighted by Crippen LogP contribution is 2.28. The molecule has 5 nitrogen and oxygen atoms in total. The van der Waals surface area contributed by atoms with Crippen molar-refractivity contribution in [3.05, 3.63) is 0 Å². The smallest absolute Gasteiger partial charge is 0.246 e. The van der Waals surface area contributed by atoms with Gasteiger partial charge in [0.2, 0.25) is 11.8 Å². The number of nitrogens with two attached hydrogens (primary N) is 1. The molecule has 7 heteroatoms. The summed E-state index contributed by atoms with van der Waals surface area (Å²) in [6.07, 6.45) is 2.43. The zero-order valence-corrected chi connectivity index (χ0v) is 15.3. The van der Waals surface area contributed by atoms with Gasteiger partial charge in [-0.15, -0.1) is 24.2 Å². The minimum atomic E-state index is -0.296. The molecule has 0 aromatic rings. The van der Waals surface area contributed by atoms with E-state index in [0.717, 1.165) is 19.4 Å². The Kier molecular flexibility index (Phi) is 7.02. The Morgan fingerprint density at radius 2 is 2.00 bits per heavy atom. The molecule has 2 unspecified atom stereocenters. The molecule has 128 valence electrons. The molecule has 0 saturated carbocycles. The second-order valence-corrected chi connectivity index (χ2v) is 8.30. The van der Waals surface area contributed by atoms with E-state index in [2.05, 4.69) is 20.8 Å². The van der Waals surface area contributed by atoms with Crippen LogP contribution in [0.25, 0.3) is 0 Å². The van der Waals surface area contributed by atoms with E-state index < -0.39 is 0 Å². The number of hydrogen-bond acceptors (Lipinski definition) is 4. The summed E-state index contributed by atoms with van der Waals surface area (Å²) in [6, 6.07) is -0.217. The molecule has 2 atom stereocenters. The van der Waals surface area contributed by atoms with Crippen molar-refractivity contribution in [3.8, 4) is 0 Å². The zero-order chi connectivity index (χ0) is 15.6. The van der Waals surface area contributed by atoms with Crippen molar-refractivity contribution < 1.29 is 9.59 Å². The first-order valence-electron chi connectivity index (χ1n) is 7.69. The van der Waals surface area contributed by atoms with Crippen LogP contribution in [0.5, 0.6) is 0 Å². The first kappa shape index (κ1) is 19.6. The van der Waals surface area contributed by atoms with Gasteiger partial charge in [-0.25, -0.2) is 0 Å². The Labute approximate surface area is 143 Å². The van der Waals surface area contributed by atoms with Crippen molar-refractivity contribution >= 4 is 36.0 Å². The Morgan fingerprint density at radius 3 is 2.59 bits per heavy atom. The van der Waals surface area contributed by atoms with Gasteiger partial charge in [0.1, 0.15) is 6.04 Å². The summed E-state index contributed by atoms with van der Waals surface area (Å²) in [5.41, 5.74) is 5.91. The van der Waals surface area contributed by atoms with Crippen LogP contribution in [0.2, 0.25) is 0 Å². The number of halogens is 1. The van der Waals surface area contributed by atoms with E-state index in [1.807, 2.05) is 4.90 Å². The van der Waals surface area contributed by atoms with Gasteiger partial charge in [-0.1, -0.05) is 20.8 Å². The molecule has 0 radical (unpaired) electrons. The third-order valence-corrected chi connectivity index (χ3v) is 4.95. The van der Waals surface area contributed by atoms with Crippen LogP contribution in [0.4, 0.5) is 0 Å². The third-order valence-electron chi connectivity index (χ3n) is 3.94. The molecular formula is C15H28ClN3O2S. The van der Waals surface area contributed by atoms with Crippen LogP contribution in [-0.2, 0) is 9.59 Å². The van der Waals surface area contributed by atoms with E-state index in [-0.39, 0.29) is 41.7 Å². The number of carbonyl (C=O) groups is 2. The van der Waals surface area contributed by atoms with Crippen molar-refractivity contribution in [2.45, 2.75) is 52.1 Å². The summed E-state index contributed by atoms with van der Waals surface area (Å²) in [5, 5.41) is 0. The quantitative estimate of drug-likeness (QED) is 0.824. The van der Waals surface area contributed by atoms with Gasteiger partial charge in [0.05, 0.1) is 5.88 Å². The summed E-state index contributed by atoms with van der Waals surface area (Å²) in [7, 11) is 0. The highest BCUT2D eigenvalue weighted by atomic mass is 35.5. The molecular weight excluding hydrogens is 322 g/mol. The molecule has 2 N–H and O–H groups in total. The summed E-state index contributed by atoms with van der Waals surface area (Å²) in [5.74, 6) is 1.51. The maximum absolute atomic E-state index is 12.7. The number of nitrogens with zero attached hydrogens (tertiary/aromatic N) is 2. The molecule has 0 aromatic carbocycles. The molecule has 2 saturated heterocycles. The summed E-state index contributed by atoms with van der Waals surface area (Å²) < 4.78 is 0. The zero-order valence-electron chi connectivity index (χ0n) is 13.7. The van der Waals surface area contributed by atoms with E-state index >= 15 is 0 Å². The van der Waals surface area contributed by atoms with Crippen LogP contribution in [0.1, 0.15) is 40.0 Å². The summed E-state index contributed by atoms with van der Waals surface area (Å²) in [4.78, 5) is 28.7. The average Bonchev–Trinajstić information content (AvgIpc) is 2.85. The molecule has 0 aromatic heterocycles. The van der Waals surface area contributed by atoms with Gasteiger partial charge in [0.25, 0.3) is 0 Å². The monoisotopic (exact) mass is 349 g/mol. The first-order chi connectivity index (χ1) is 9.78. The molecule has 2 heterocycles. The Balaban J connectivity index is 0.00000242. The molecule has 0 bridgehead atoms. The van der Waals surface area contributed by atoms with Crippen LogP contribution in [0.3, 0.4) is 0 Å². The lowest BCUT2D eigenvalue weighted by atomic mass is 9.91. The SMILES string of the molecule is CC(C)(C)CC(=O)N1CSCC1C(=O)N1CCCC(N)C1.Cl. The van der Waals surface area contributed by atoms with Crippen LogP contribution in [-0.4, -0.2) is 58.4 Å². The van der Waals surface area contributed by atoms with E-state index in [4.69, 9.17) is 5.73 Å². The molecule has 2 fully saturated rings. The lowest BCUT2D eigenvalue weighted by Crippen LogP contribution is -2.54. The third kappa shape index (κ3) is 5.03. The molecule has 2 rings (SSSR count). The topological polar surface area (TPSA) is 66.6 Å². The molecule has 0 spiro atoms. The number of thioether (sulfide) groups is 1. The molecule has 2 aliphatic rings. The maximum atomic E-state index is 12.7. The lowest BCUT2D eigenvalue weighted by Gasteiger charge is -2.35. The number of carbonyl (C=O) groups excluding carboxylic acids is 2. The van der Waals surface area contributed by atoms with Gasteiger partial charge in [0, 0.05) is 31.3 Å². The first-order valence-corrected chi connectivity index (χ1v) is 8.85. The normalized spacial score (nSPS) is 25.8. The van der Waals surface area contributed by atoms with Crippen molar-refractivity contribution in [1.29, 1.82) is 0 Å². The van der Waals surface area contributed by atoms with Crippen LogP contribution in [0, 0.1) is 5.41 Å². The van der Waals surface area contributed by atoms with Crippen LogP contribution < -0.4 is 5.73 Å².